The number of aliphatic hydroxyl groups is 1. The molecule has 3 aromatic rings. The monoisotopic (exact) mass is 395 g/mol. The van der Waals surface area contributed by atoms with E-state index in [1.54, 1.807) is 48.5 Å². The predicted octanol–water partition coefficient (Wildman–Crippen LogP) is 2.96. The van der Waals surface area contributed by atoms with E-state index < -0.39 is 5.97 Å². The second-order valence-corrected chi connectivity index (χ2v) is 5.84. The van der Waals surface area contributed by atoms with E-state index >= 15 is 0 Å². The number of carbonyl (C=O) groups excluding carboxylic acids is 1. The van der Waals surface area contributed by atoms with Crippen LogP contribution in [-0.4, -0.2) is 40.3 Å². The summed E-state index contributed by atoms with van der Waals surface area (Å²) in [5.74, 6) is -0.953. The quantitative estimate of drug-likeness (QED) is 0.373. The molecule has 0 fully saturated rings. The molecule has 150 valence electrons. The van der Waals surface area contributed by atoms with Crippen molar-refractivity contribution in [1.29, 1.82) is 0 Å². The summed E-state index contributed by atoms with van der Waals surface area (Å²) < 4.78 is 5.16. The van der Waals surface area contributed by atoms with Crippen LogP contribution in [0.3, 0.4) is 0 Å². The van der Waals surface area contributed by atoms with Crippen LogP contribution >= 0.6 is 0 Å². The Morgan fingerprint density at radius 3 is 2.10 bits per heavy atom. The van der Waals surface area contributed by atoms with Crippen LogP contribution in [0.2, 0.25) is 0 Å². The van der Waals surface area contributed by atoms with E-state index in [0.717, 1.165) is 0 Å². The topological polar surface area (TPSA) is 130 Å². The van der Waals surface area contributed by atoms with Gasteiger partial charge in [0.25, 0.3) is 0 Å². The van der Waals surface area contributed by atoms with E-state index in [9.17, 15) is 14.7 Å². The number of aromatic hydroxyl groups is 1. The Balaban J connectivity index is 0.000000253. The van der Waals surface area contributed by atoms with Crippen molar-refractivity contribution < 1.29 is 29.6 Å². The van der Waals surface area contributed by atoms with Crippen LogP contribution in [0.4, 0.5) is 5.69 Å². The zero-order valence-electron chi connectivity index (χ0n) is 15.5. The van der Waals surface area contributed by atoms with Crippen molar-refractivity contribution in [1.82, 2.24) is 0 Å². The van der Waals surface area contributed by atoms with E-state index in [2.05, 4.69) is 0 Å². The number of carbonyl (C=O) groups is 2. The molecule has 3 rings (SSSR count). The van der Waals surface area contributed by atoms with Gasteiger partial charge in [0, 0.05) is 17.3 Å². The first-order valence-electron chi connectivity index (χ1n) is 8.68. The number of anilines is 1. The number of nitrogen functional groups attached to an aromatic ring is 1. The average molecular weight is 395 g/mol. The number of ketones is 1. The highest BCUT2D eigenvalue weighted by Crippen LogP contribution is 2.25. The van der Waals surface area contributed by atoms with Crippen LogP contribution in [0.15, 0.2) is 72.8 Å². The molecular weight excluding hydrogens is 374 g/mol. The van der Waals surface area contributed by atoms with Crippen molar-refractivity contribution in [3.05, 3.63) is 89.5 Å². The van der Waals surface area contributed by atoms with Gasteiger partial charge in [0.15, 0.2) is 5.78 Å². The predicted molar refractivity (Wildman–Crippen MR) is 108 cm³/mol. The number of hydrogen-bond donors (Lipinski definition) is 4. The smallest absolute Gasteiger partial charge is 0.337 e. The lowest BCUT2D eigenvalue weighted by Crippen LogP contribution is -2.04. The summed E-state index contributed by atoms with van der Waals surface area (Å²) in [5.41, 5.74) is 6.54. The van der Waals surface area contributed by atoms with Gasteiger partial charge in [0.1, 0.15) is 18.1 Å². The number of benzene rings is 3. The van der Waals surface area contributed by atoms with Gasteiger partial charge in [0.05, 0.1) is 17.7 Å². The summed E-state index contributed by atoms with van der Waals surface area (Å²) in [5, 5.41) is 27.0. The van der Waals surface area contributed by atoms with Crippen molar-refractivity contribution in [2.24, 2.45) is 0 Å². The SMILES string of the molecule is Nc1ccccc1C(=O)O.O=C(c1ccccc1)c1ccc(OCCO)cc1O. The number of phenolic OH excluding ortho intramolecular Hbond substituents is 1. The summed E-state index contributed by atoms with van der Waals surface area (Å²) >= 11 is 0. The van der Waals surface area contributed by atoms with E-state index in [1.807, 2.05) is 6.07 Å². The van der Waals surface area contributed by atoms with Crippen molar-refractivity contribution in [2.75, 3.05) is 18.9 Å². The van der Waals surface area contributed by atoms with Crippen molar-refractivity contribution in [3.63, 3.8) is 0 Å². The van der Waals surface area contributed by atoms with Gasteiger partial charge in [-0.15, -0.1) is 0 Å². The lowest BCUT2D eigenvalue weighted by atomic mass is 10.0. The minimum absolute atomic E-state index is 0.106. The molecule has 3 aromatic carbocycles. The molecule has 7 nitrogen and oxygen atoms in total. The first-order valence-corrected chi connectivity index (χ1v) is 8.68. The third-order valence-electron chi connectivity index (χ3n) is 3.80. The number of nitrogens with two attached hydrogens (primary N) is 1. The number of carboxylic acid groups (broad SMARTS) is 1. The van der Waals surface area contributed by atoms with Crippen LogP contribution in [-0.2, 0) is 0 Å². The Kier molecular flexibility index (Phi) is 7.76. The molecule has 0 bridgehead atoms. The van der Waals surface area contributed by atoms with E-state index in [1.165, 1.54) is 18.2 Å². The first kappa shape index (κ1) is 21.5. The highest BCUT2D eigenvalue weighted by molar-refractivity contribution is 6.10. The first-order chi connectivity index (χ1) is 13.9. The van der Waals surface area contributed by atoms with Gasteiger partial charge in [-0.05, 0) is 24.3 Å². The van der Waals surface area contributed by atoms with Crippen LogP contribution in [0.25, 0.3) is 0 Å². The largest absolute Gasteiger partial charge is 0.507 e. The van der Waals surface area contributed by atoms with Gasteiger partial charge < -0.3 is 25.8 Å². The van der Waals surface area contributed by atoms with Gasteiger partial charge in [-0.2, -0.15) is 0 Å². The number of rotatable bonds is 6. The second-order valence-electron chi connectivity index (χ2n) is 5.84. The Hall–Kier alpha value is -3.84. The molecule has 29 heavy (non-hydrogen) atoms. The molecule has 0 saturated heterocycles. The molecule has 0 radical (unpaired) electrons. The number of phenols is 1. The number of ether oxygens (including phenoxy) is 1. The van der Waals surface area contributed by atoms with Gasteiger partial charge in [-0.25, -0.2) is 4.79 Å². The number of para-hydroxylation sites is 1. The maximum Gasteiger partial charge on any atom is 0.337 e. The number of aromatic carboxylic acids is 1. The highest BCUT2D eigenvalue weighted by atomic mass is 16.5. The fourth-order valence-corrected chi connectivity index (χ4v) is 2.39. The molecule has 0 amide bonds. The second kappa shape index (κ2) is 10.5. The lowest BCUT2D eigenvalue weighted by molar-refractivity contribution is 0.0697. The molecule has 7 heteroatoms. The molecule has 5 N–H and O–H groups in total. The molecular formula is C22H21NO6. The Morgan fingerprint density at radius 2 is 1.55 bits per heavy atom. The van der Waals surface area contributed by atoms with E-state index in [4.69, 9.17) is 20.7 Å². The summed E-state index contributed by atoms with van der Waals surface area (Å²) in [6.45, 7) is 0.0386. The number of aliphatic hydroxyl groups excluding tert-OH is 1. The maximum absolute atomic E-state index is 12.2. The fourth-order valence-electron chi connectivity index (χ4n) is 2.39. The number of carboxylic acids is 1. The van der Waals surface area contributed by atoms with Crippen molar-refractivity contribution in [3.8, 4) is 11.5 Å². The Bertz CT molecular complexity index is 972. The van der Waals surface area contributed by atoms with Gasteiger partial charge in [-0.1, -0.05) is 42.5 Å². The maximum atomic E-state index is 12.2. The molecule has 0 unspecified atom stereocenters. The molecule has 0 aliphatic carbocycles. The number of hydrogen-bond acceptors (Lipinski definition) is 6. The molecule has 0 heterocycles. The summed E-state index contributed by atoms with van der Waals surface area (Å²) in [4.78, 5) is 22.5. The average Bonchev–Trinajstić information content (AvgIpc) is 2.73. The van der Waals surface area contributed by atoms with Crippen LogP contribution < -0.4 is 10.5 Å². The highest BCUT2D eigenvalue weighted by Gasteiger charge is 2.13. The summed E-state index contributed by atoms with van der Waals surface area (Å²) in [6.07, 6.45) is 0. The minimum atomic E-state index is -0.988. The molecule has 0 aliphatic rings. The van der Waals surface area contributed by atoms with E-state index in [0.29, 0.717) is 17.0 Å². The molecule has 0 atom stereocenters. The summed E-state index contributed by atoms with van der Waals surface area (Å²) in [7, 11) is 0. The van der Waals surface area contributed by atoms with Crippen LogP contribution in [0.5, 0.6) is 11.5 Å². The Morgan fingerprint density at radius 1 is 0.897 bits per heavy atom. The normalized spacial score (nSPS) is 9.83. The molecule has 0 saturated carbocycles. The van der Waals surface area contributed by atoms with E-state index in [-0.39, 0.29) is 35.9 Å². The lowest BCUT2D eigenvalue weighted by Gasteiger charge is -2.08. The van der Waals surface area contributed by atoms with Crippen molar-refractivity contribution >= 4 is 17.4 Å². The Labute approximate surface area is 167 Å². The molecule has 0 aliphatic heterocycles. The fraction of sp³-hybridized carbons (Fsp3) is 0.0909. The standard InChI is InChI=1S/C15H14O4.C7H7NO2/c16-8-9-19-12-6-7-13(14(17)10-12)15(18)11-4-2-1-3-5-11;8-6-4-2-1-3-5(6)7(9)10/h1-7,10,16-17H,8-9H2;1-4H,8H2,(H,9,10). The van der Waals surface area contributed by atoms with Crippen molar-refractivity contribution in [2.45, 2.75) is 0 Å². The molecule has 0 aromatic heterocycles. The van der Waals surface area contributed by atoms with Gasteiger partial charge in [0.2, 0.25) is 0 Å². The van der Waals surface area contributed by atoms with Crippen LogP contribution in [0, 0.1) is 0 Å². The minimum Gasteiger partial charge on any atom is -0.507 e. The third kappa shape index (κ3) is 6.08. The zero-order chi connectivity index (χ0) is 21.2. The zero-order valence-corrected chi connectivity index (χ0v) is 15.5. The summed E-state index contributed by atoms with van der Waals surface area (Å²) in [6, 6.07) is 19.6. The van der Waals surface area contributed by atoms with Gasteiger partial charge >= 0.3 is 5.97 Å². The van der Waals surface area contributed by atoms with Gasteiger partial charge in [-0.3, -0.25) is 4.79 Å². The molecule has 0 spiro atoms. The third-order valence-corrected chi connectivity index (χ3v) is 3.80. The van der Waals surface area contributed by atoms with Crippen LogP contribution in [0.1, 0.15) is 26.3 Å².